The summed E-state index contributed by atoms with van der Waals surface area (Å²) in [5, 5.41) is 30.6. The Labute approximate surface area is 149 Å². The van der Waals surface area contributed by atoms with E-state index in [0.717, 1.165) is 12.3 Å². The predicted octanol–water partition coefficient (Wildman–Crippen LogP) is -6.11. The van der Waals surface area contributed by atoms with E-state index in [1.807, 2.05) is 0 Å². The number of rotatable bonds is 2. The SMILES string of the molecule is [C-]#[N+]/C=C(\[O-])c1ccc(C([O-])=CC#N)cn1.[Na+].[Na+]. The van der Waals surface area contributed by atoms with Crippen LogP contribution < -0.4 is 69.3 Å². The quantitative estimate of drug-likeness (QED) is 0.228. The fourth-order valence-electron chi connectivity index (χ4n) is 0.952. The average molecular weight is 257 g/mol. The molecule has 18 heavy (non-hydrogen) atoms. The molecule has 1 aromatic heterocycles. The smallest absolute Gasteiger partial charge is 0.880 e. The molecule has 1 aromatic rings. The van der Waals surface area contributed by atoms with Crippen LogP contribution in [0, 0.1) is 17.9 Å². The van der Waals surface area contributed by atoms with Gasteiger partial charge in [-0.2, -0.15) is 5.26 Å². The summed E-state index contributed by atoms with van der Waals surface area (Å²) >= 11 is 0. The van der Waals surface area contributed by atoms with Crippen LogP contribution in [0.3, 0.4) is 0 Å². The van der Waals surface area contributed by atoms with E-state index >= 15 is 0 Å². The molecular formula is C11H5N3Na2O2. The molecule has 0 radical (unpaired) electrons. The zero-order chi connectivity index (χ0) is 12.0. The summed E-state index contributed by atoms with van der Waals surface area (Å²) in [5.74, 6) is -0.985. The summed E-state index contributed by atoms with van der Waals surface area (Å²) in [4.78, 5) is 6.54. The number of allylic oxidation sites excluding steroid dienone is 1. The Hall–Kier alpha value is -0.790. The van der Waals surface area contributed by atoms with Crippen LogP contribution in [0.25, 0.3) is 16.4 Å². The van der Waals surface area contributed by atoms with Crippen LogP contribution >= 0.6 is 0 Å². The monoisotopic (exact) mass is 257 g/mol. The molecule has 78 valence electrons. The van der Waals surface area contributed by atoms with Crippen molar-refractivity contribution in [1.29, 1.82) is 5.26 Å². The molecule has 0 saturated carbocycles. The van der Waals surface area contributed by atoms with E-state index < -0.39 is 11.5 Å². The Morgan fingerprint density at radius 3 is 2.44 bits per heavy atom. The van der Waals surface area contributed by atoms with Gasteiger partial charge in [-0.15, -0.1) is 0 Å². The van der Waals surface area contributed by atoms with Crippen LogP contribution in [0.1, 0.15) is 11.3 Å². The first-order chi connectivity index (χ1) is 7.69. The molecule has 5 nitrogen and oxygen atoms in total. The van der Waals surface area contributed by atoms with Gasteiger partial charge >= 0.3 is 59.1 Å². The van der Waals surface area contributed by atoms with Crippen LogP contribution in [-0.2, 0) is 0 Å². The van der Waals surface area contributed by atoms with Gasteiger partial charge in [0.05, 0.1) is 12.6 Å². The molecule has 0 amide bonds. The fraction of sp³-hybridized carbons (Fsp3) is 0. The molecule has 0 atom stereocenters. The van der Waals surface area contributed by atoms with Crippen molar-refractivity contribution in [3.8, 4) is 6.07 Å². The average Bonchev–Trinajstić information content (AvgIpc) is 2.30. The number of pyridine rings is 1. The predicted molar refractivity (Wildman–Crippen MR) is 52.4 cm³/mol. The first-order valence-corrected chi connectivity index (χ1v) is 4.16. The van der Waals surface area contributed by atoms with Crippen molar-refractivity contribution < 1.29 is 69.3 Å². The maximum absolute atomic E-state index is 11.2. The molecule has 0 saturated heterocycles. The van der Waals surface area contributed by atoms with Gasteiger partial charge in [0.1, 0.15) is 6.20 Å². The van der Waals surface area contributed by atoms with Crippen molar-refractivity contribution >= 4 is 11.5 Å². The van der Waals surface area contributed by atoms with Crippen molar-refractivity contribution in [2.75, 3.05) is 0 Å². The molecule has 0 bridgehead atoms. The van der Waals surface area contributed by atoms with Gasteiger partial charge in [0, 0.05) is 18.0 Å². The van der Waals surface area contributed by atoms with E-state index in [4.69, 9.17) is 11.8 Å². The van der Waals surface area contributed by atoms with E-state index in [-0.39, 0.29) is 70.4 Å². The van der Waals surface area contributed by atoms with Crippen molar-refractivity contribution in [3.05, 3.63) is 53.3 Å². The van der Waals surface area contributed by atoms with E-state index in [9.17, 15) is 10.2 Å². The maximum atomic E-state index is 11.2. The Kier molecular flexibility index (Phi) is 11.0. The minimum Gasteiger partial charge on any atom is -0.880 e. The van der Waals surface area contributed by atoms with Gasteiger partial charge in [-0.3, -0.25) is 4.98 Å². The number of hydrogen-bond donors (Lipinski definition) is 0. The summed E-state index contributed by atoms with van der Waals surface area (Å²) in [7, 11) is 0. The second-order valence-electron chi connectivity index (χ2n) is 2.69. The maximum Gasteiger partial charge on any atom is 1.00 e. The number of nitriles is 1. The standard InChI is InChI=1S/C11H7N3O2.2Na/c1-13-7-11(16)9-3-2-8(6-14-9)10(15)4-5-12;;/h2-4,6-7,15-16H;;/q;2*+1/p-2/b10-4?,11-7-;;. The number of aromatic nitrogens is 1. The molecule has 0 aromatic carbocycles. The minimum absolute atomic E-state index is 0. The number of nitrogens with zero attached hydrogens (tertiary/aromatic N) is 3. The second-order valence-corrected chi connectivity index (χ2v) is 2.69. The Morgan fingerprint density at radius 1 is 1.33 bits per heavy atom. The molecule has 1 heterocycles. The molecular weight excluding hydrogens is 252 g/mol. The summed E-state index contributed by atoms with van der Waals surface area (Å²) in [6, 6.07) is 4.33. The minimum atomic E-state index is -0.515. The zero-order valence-corrected chi connectivity index (χ0v) is 14.0. The van der Waals surface area contributed by atoms with Gasteiger partial charge in [0.25, 0.3) is 0 Å². The van der Waals surface area contributed by atoms with Gasteiger partial charge in [0.2, 0.25) is 0 Å². The first kappa shape index (κ1) is 19.5. The molecule has 0 aliphatic heterocycles. The number of hydrogen-bond acceptors (Lipinski definition) is 4. The van der Waals surface area contributed by atoms with Gasteiger partial charge < -0.3 is 10.2 Å². The molecule has 1 rings (SSSR count). The normalized spacial score (nSPS) is 10.3. The molecule has 0 unspecified atom stereocenters. The summed E-state index contributed by atoms with van der Waals surface area (Å²) in [6.07, 6.45) is 2.86. The van der Waals surface area contributed by atoms with Crippen molar-refractivity contribution in [2.45, 2.75) is 0 Å². The Morgan fingerprint density at radius 2 is 2.00 bits per heavy atom. The van der Waals surface area contributed by atoms with Crippen LogP contribution in [0.2, 0.25) is 0 Å². The molecule has 0 aliphatic carbocycles. The van der Waals surface area contributed by atoms with Crippen molar-refractivity contribution in [3.63, 3.8) is 0 Å². The topological polar surface area (TPSA) is 87.2 Å². The van der Waals surface area contributed by atoms with E-state index in [1.165, 1.54) is 18.3 Å². The Bertz CT molecular complexity index is 476. The largest absolute Gasteiger partial charge is 1.00 e. The zero-order valence-electron chi connectivity index (χ0n) is 10.0. The molecule has 0 spiro atoms. The van der Waals surface area contributed by atoms with E-state index in [0.29, 0.717) is 0 Å². The van der Waals surface area contributed by atoms with Crippen molar-refractivity contribution in [1.82, 2.24) is 4.98 Å². The fourth-order valence-corrected chi connectivity index (χ4v) is 0.952. The van der Waals surface area contributed by atoms with Gasteiger partial charge in [-0.1, -0.05) is 17.6 Å². The summed E-state index contributed by atoms with van der Waals surface area (Å²) in [6.45, 7) is 6.47. The third-order valence-corrected chi connectivity index (χ3v) is 1.68. The molecule has 7 heteroatoms. The van der Waals surface area contributed by atoms with Gasteiger partial charge in [-0.05, 0) is 11.6 Å². The van der Waals surface area contributed by atoms with Gasteiger partial charge in [0.15, 0.2) is 0 Å². The van der Waals surface area contributed by atoms with Crippen LogP contribution in [0.5, 0.6) is 0 Å². The van der Waals surface area contributed by atoms with Crippen LogP contribution in [-0.4, -0.2) is 4.98 Å². The van der Waals surface area contributed by atoms with Crippen molar-refractivity contribution in [2.24, 2.45) is 0 Å². The Balaban J connectivity index is 0. The van der Waals surface area contributed by atoms with Crippen LogP contribution in [0.15, 0.2) is 30.6 Å². The summed E-state index contributed by atoms with van der Waals surface area (Å²) in [5.41, 5.74) is 0.311. The molecule has 0 N–H and O–H groups in total. The third-order valence-electron chi connectivity index (χ3n) is 1.68. The van der Waals surface area contributed by atoms with Crippen LogP contribution in [0.4, 0.5) is 0 Å². The molecule has 0 aliphatic rings. The van der Waals surface area contributed by atoms with E-state index in [1.54, 1.807) is 6.07 Å². The first-order valence-electron chi connectivity index (χ1n) is 4.16. The second kappa shape index (κ2) is 10.2. The summed E-state index contributed by atoms with van der Waals surface area (Å²) < 4.78 is 0. The van der Waals surface area contributed by atoms with E-state index in [2.05, 4.69) is 9.83 Å². The van der Waals surface area contributed by atoms with Gasteiger partial charge in [-0.25, -0.2) is 4.85 Å². The molecule has 0 fully saturated rings. The third kappa shape index (κ3) is 5.70.